The van der Waals surface area contributed by atoms with E-state index in [1.165, 1.54) is 11.3 Å². The van der Waals surface area contributed by atoms with Crippen LogP contribution in [0.2, 0.25) is 0 Å². The quantitative estimate of drug-likeness (QED) is 0.751. The molecule has 0 radical (unpaired) electrons. The van der Waals surface area contributed by atoms with E-state index in [9.17, 15) is 8.42 Å². The predicted molar refractivity (Wildman–Crippen MR) is 87.4 cm³/mol. The minimum absolute atomic E-state index is 0.0170. The lowest BCUT2D eigenvalue weighted by Crippen LogP contribution is -2.33. The number of sulfonamides is 1. The van der Waals surface area contributed by atoms with E-state index in [-0.39, 0.29) is 6.04 Å². The van der Waals surface area contributed by atoms with Crippen molar-refractivity contribution in [1.29, 1.82) is 0 Å². The maximum atomic E-state index is 12.2. The van der Waals surface area contributed by atoms with Gasteiger partial charge in [0.2, 0.25) is 10.0 Å². The van der Waals surface area contributed by atoms with Crippen molar-refractivity contribution >= 4 is 21.4 Å². The van der Waals surface area contributed by atoms with Gasteiger partial charge in [-0.3, -0.25) is 9.97 Å². The van der Waals surface area contributed by atoms with Crippen molar-refractivity contribution in [2.75, 3.05) is 13.1 Å². The van der Waals surface area contributed by atoms with Crippen LogP contribution in [0.4, 0.5) is 0 Å². The van der Waals surface area contributed by atoms with Crippen molar-refractivity contribution < 1.29 is 8.42 Å². The average Bonchev–Trinajstić information content (AvgIpc) is 2.84. The highest BCUT2D eigenvalue weighted by atomic mass is 32.2. The van der Waals surface area contributed by atoms with Gasteiger partial charge < -0.3 is 5.32 Å². The Hall–Kier alpha value is -1.35. The van der Waals surface area contributed by atoms with E-state index in [2.05, 4.69) is 20.0 Å². The van der Waals surface area contributed by atoms with Gasteiger partial charge >= 0.3 is 0 Å². The summed E-state index contributed by atoms with van der Waals surface area (Å²) < 4.78 is 27.1. The van der Waals surface area contributed by atoms with Crippen molar-refractivity contribution in [2.45, 2.75) is 31.7 Å². The van der Waals surface area contributed by atoms with Crippen LogP contribution in [0.15, 0.2) is 29.6 Å². The second-order valence-electron chi connectivity index (χ2n) is 4.98. The second-order valence-corrected chi connectivity index (χ2v) is 8.18. The molecular formula is C14H20N4O2S2. The van der Waals surface area contributed by atoms with Gasteiger partial charge in [0.15, 0.2) is 0 Å². The Balaban J connectivity index is 1.85. The summed E-state index contributed by atoms with van der Waals surface area (Å²) in [5, 5.41) is 3.22. The van der Waals surface area contributed by atoms with E-state index in [1.54, 1.807) is 24.7 Å². The third-order valence-electron chi connectivity index (χ3n) is 3.18. The lowest BCUT2D eigenvalue weighted by molar-refractivity contribution is 0.545. The standard InChI is InChI=1S/C14H20N4O2S2/c1-10-8-14(12(3)21-10)22(19,20)18-7-6-16-11(2)13-9-15-4-5-17-13/h4-5,8-9,11,16,18H,6-7H2,1-3H3/t11-/m1/s1. The molecule has 0 aliphatic carbocycles. The van der Waals surface area contributed by atoms with E-state index >= 15 is 0 Å². The first-order chi connectivity index (χ1) is 10.4. The van der Waals surface area contributed by atoms with Crippen molar-refractivity contribution in [1.82, 2.24) is 20.0 Å². The molecule has 0 aromatic carbocycles. The smallest absolute Gasteiger partial charge is 0.241 e. The number of aryl methyl sites for hydroxylation is 2. The number of nitrogens with zero attached hydrogens (tertiary/aromatic N) is 2. The summed E-state index contributed by atoms with van der Waals surface area (Å²) in [4.78, 5) is 10.4. The van der Waals surface area contributed by atoms with E-state index in [1.807, 2.05) is 20.8 Å². The fraction of sp³-hybridized carbons (Fsp3) is 0.429. The molecule has 2 heterocycles. The van der Waals surface area contributed by atoms with Crippen molar-refractivity contribution in [2.24, 2.45) is 0 Å². The normalized spacial score (nSPS) is 13.2. The molecule has 0 aliphatic rings. The average molecular weight is 340 g/mol. The Morgan fingerprint density at radius 1 is 1.27 bits per heavy atom. The molecule has 22 heavy (non-hydrogen) atoms. The zero-order valence-corrected chi connectivity index (χ0v) is 14.5. The van der Waals surface area contributed by atoms with Gasteiger partial charge in [-0.2, -0.15) is 0 Å². The number of hydrogen-bond acceptors (Lipinski definition) is 6. The van der Waals surface area contributed by atoms with Crippen LogP contribution in [0.3, 0.4) is 0 Å². The molecule has 0 amide bonds. The first-order valence-electron chi connectivity index (χ1n) is 6.96. The molecule has 2 N–H and O–H groups in total. The molecule has 2 rings (SSSR count). The Kier molecular flexibility index (Phi) is 5.63. The first kappa shape index (κ1) is 17.0. The highest BCUT2D eigenvalue weighted by molar-refractivity contribution is 7.89. The Bertz CT molecular complexity index is 714. The van der Waals surface area contributed by atoms with Gasteiger partial charge in [-0.05, 0) is 26.8 Å². The Labute approximate surface area is 135 Å². The molecule has 8 heteroatoms. The molecule has 0 saturated carbocycles. The molecule has 0 unspecified atom stereocenters. The van der Waals surface area contributed by atoms with Crippen LogP contribution in [0.25, 0.3) is 0 Å². The number of rotatable bonds is 7. The molecular weight excluding hydrogens is 320 g/mol. The van der Waals surface area contributed by atoms with Gasteiger partial charge in [0.1, 0.15) is 0 Å². The van der Waals surface area contributed by atoms with Crippen molar-refractivity contribution in [3.63, 3.8) is 0 Å². The van der Waals surface area contributed by atoms with Crippen LogP contribution < -0.4 is 10.0 Å². The van der Waals surface area contributed by atoms with Gasteiger partial charge in [-0.25, -0.2) is 13.1 Å². The maximum Gasteiger partial charge on any atom is 0.241 e. The SMILES string of the molecule is Cc1cc(S(=O)(=O)NCCN[C@H](C)c2cnccn2)c(C)s1. The maximum absolute atomic E-state index is 12.2. The molecule has 2 aromatic heterocycles. The minimum atomic E-state index is -3.44. The van der Waals surface area contributed by atoms with Crippen LogP contribution in [0.5, 0.6) is 0 Å². The molecule has 120 valence electrons. The van der Waals surface area contributed by atoms with Crippen molar-refractivity contribution in [3.05, 3.63) is 40.1 Å². The van der Waals surface area contributed by atoms with E-state index in [0.29, 0.717) is 18.0 Å². The minimum Gasteiger partial charge on any atom is -0.307 e. The van der Waals surface area contributed by atoms with Gasteiger partial charge in [-0.15, -0.1) is 11.3 Å². The van der Waals surface area contributed by atoms with Crippen LogP contribution >= 0.6 is 11.3 Å². The zero-order chi connectivity index (χ0) is 16.2. The van der Waals surface area contributed by atoms with Gasteiger partial charge in [0, 0.05) is 47.5 Å². The fourth-order valence-electron chi connectivity index (χ4n) is 2.06. The largest absolute Gasteiger partial charge is 0.307 e. The van der Waals surface area contributed by atoms with Crippen LogP contribution in [0.1, 0.15) is 28.4 Å². The molecule has 0 fully saturated rings. The number of hydrogen-bond donors (Lipinski definition) is 2. The summed E-state index contributed by atoms with van der Waals surface area (Å²) in [6.45, 7) is 6.52. The van der Waals surface area contributed by atoms with Gasteiger partial charge in [-0.1, -0.05) is 0 Å². The number of aromatic nitrogens is 2. The predicted octanol–water partition coefficient (Wildman–Crippen LogP) is 1.78. The lowest BCUT2D eigenvalue weighted by Gasteiger charge is -2.13. The topological polar surface area (TPSA) is 84.0 Å². The molecule has 0 aliphatic heterocycles. The summed E-state index contributed by atoms with van der Waals surface area (Å²) in [5.74, 6) is 0. The summed E-state index contributed by atoms with van der Waals surface area (Å²) in [6, 6.07) is 1.72. The second kappa shape index (κ2) is 7.28. The molecule has 1 atom stereocenters. The third kappa shape index (κ3) is 4.33. The van der Waals surface area contributed by atoms with Crippen LogP contribution in [-0.2, 0) is 10.0 Å². The fourth-order valence-corrected chi connectivity index (χ4v) is 4.65. The van der Waals surface area contributed by atoms with E-state index in [0.717, 1.165) is 15.4 Å². The Morgan fingerprint density at radius 2 is 2.05 bits per heavy atom. The Morgan fingerprint density at radius 3 is 2.64 bits per heavy atom. The van der Waals surface area contributed by atoms with E-state index < -0.39 is 10.0 Å². The number of thiophene rings is 1. The molecule has 0 spiro atoms. The summed E-state index contributed by atoms with van der Waals surface area (Å²) in [5.41, 5.74) is 0.828. The van der Waals surface area contributed by atoms with Crippen molar-refractivity contribution in [3.8, 4) is 0 Å². The van der Waals surface area contributed by atoms with Gasteiger partial charge in [0.25, 0.3) is 0 Å². The summed E-state index contributed by atoms with van der Waals surface area (Å²) >= 11 is 1.49. The van der Waals surface area contributed by atoms with Gasteiger partial charge in [0.05, 0.1) is 10.6 Å². The highest BCUT2D eigenvalue weighted by Crippen LogP contribution is 2.24. The monoisotopic (exact) mass is 340 g/mol. The summed E-state index contributed by atoms with van der Waals surface area (Å²) in [7, 11) is -3.44. The highest BCUT2D eigenvalue weighted by Gasteiger charge is 2.18. The number of nitrogens with one attached hydrogen (secondary N) is 2. The molecule has 0 bridgehead atoms. The zero-order valence-electron chi connectivity index (χ0n) is 12.8. The first-order valence-corrected chi connectivity index (χ1v) is 9.26. The van der Waals surface area contributed by atoms with E-state index in [4.69, 9.17) is 0 Å². The third-order valence-corrected chi connectivity index (χ3v) is 5.86. The molecule has 6 nitrogen and oxygen atoms in total. The van der Waals surface area contributed by atoms with Crippen LogP contribution in [0, 0.1) is 13.8 Å². The molecule has 2 aromatic rings. The van der Waals surface area contributed by atoms with Crippen LogP contribution in [-0.4, -0.2) is 31.5 Å². The molecule has 0 saturated heterocycles. The lowest BCUT2D eigenvalue weighted by atomic mass is 10.2. The summed E-state index contributed by atoms with van der Waals surface area (Å²) in [6.07, 6.45) is 4.95.